The molecule has 1 unspecified atom stereocenters. The molecule has 0 spiro atoms. The topological polar surface area (TPSA) is 104 Å². The van der Waals surface area contributed by atoms with Crippen molar-refractivity contribution < 1.29 is 14.7 Å². The molecule has 0 saturated heterocycles. The molecule has 9 heteroatoms. The summed E-state index contributed by atoms with van der Waals surface area (Å²) in [5, 5.41) is 14.1. The summed E-state index contributed by atoms with van der Waals surface area (Å²) in [6, 6.07) is 1.68. The number of carboxylic acid groups (broad SMARTS) is 1. The van der Waals surface area contributed by atoms with Gasteiger partial charge in [-0.05, 0) is 18.6 Å². The molecule has 3 N–H and O–H groups in total. The lowest BCUT2D eigenvalue weighted by atomic mass is 10.2. The third-order valence-electron chi connectivity index (χ3n) is 2.63. The van der Waals surface area contributed by atoms with E-state index in [2.05, 4.69) is 19.4 Å². The van der Waals surface area contributed by atoms with E-state index in [1.807, 2.05) is 0 Å². The highest BCUT2D eigenvalue weighted by Gasteiger charge is 2.19. The van der Waals surface area contributed by atoms with Crippen molar-refractivity contribution in [2.24, 2.45) is 0 Å². The molecule has 1 heterocycles. The monoisotopic (exact) mass is 314 g/mol. The number of rotatable bonds is 4. The first-order valence-electron chi connectivity index (χ1n) is 5.74. The van der Waals surface area contributed by atoms with Crippen molar-refractivity contribution in [1.82, 2.24) is 14.1 Å². The SMILES string of the molecule is CCC(NC(=O)Nc1c(Cl)ccc2nsnc12)C(=O)O. The molecule has 106 valence electrons. The zero-order valence-electron chi connectivity index (χ0n) is 10.4. The van der Waals surface area contributed by atoms with Crippen LogP contribution in [0.15, 0.2) is 12.1 Å². The minimum atomic E-state index is -1.10. The number of aromatic nitrogens is 2. The largest absolute Gasteiger partial charge is 0.480 e. The predicted octanol–water partition coefficient (Wildman–Crippen LogP) is 2.33. The standard InChI is InChI=1S/C11H11ClN4O3S/c1-2-6(10(17)18)13-11(19)14-8-5(12)3-4-7-9(8)16-20-15-7/h3-4,6H,2H2,1H3,(H,17,18)(H2,13,14,19). The number of hydrogen-bond donors (Lipinski definition) is 3. The molecule has 20 heavy (non-hydrogen) atoms. The van der Waals surface area contributed by atoms with Gasteiger partial charge in [-0.15, -0.1) is 0 Å². The number of urea groups is 1. The Kier molecular flexibility index (Phi) is 4.35. The van der Waals surface area contributed by atoms with E-state index in [-0.39, 0.29) is 6.42 Å². The lowest BCUT2D eigenvalue weighted by Gasteiger charge is -2.13. The number of fused-ring (bicyclic) bond motifs is 1. The number of nitrogens with zero attached hydrogens (tertiary/aromatic N) is 2. The van der Waals surface area contributed by atoms with Crippen molar-refractivity contribution in [1.29, 1.82) is 0 Å². The number of nitrogens with one attached hydrogen (secondary N) is 2. The van der Waals surface area contributed by atoms with Crippen LogP contribution in [0.1, 0.15) is 13.3 Å². The number of halogens is 1. The first-order valence-corrected chi connectivity index (χ1v) is 6.84. The van der Waals surface area contributed by atoms with Gasteiger partial charge in [0, 0.05) is 0 Å². The molecule has 0 aliphatic heterocycles. The first kappa shape index (κ1) is 14.5. The Balaban J connectivity index is 2.19. The second-order valence-electron chi connectivity index (χ2n) is 3.95. The Morgan fingerprint density at radius 3 is 2.85 bits per heavy atom. The summed E-state index contributed by atoms with van der Waals surface area (Å²) in [6.07, 6.45) is 0.277. The van der Waals surface area contributed by atoms with Crippen molar-refractivity contribution in [3.05, 3.63) is 17.2 Å². The molecule has 0 fully saturated rings. The van der Waals surface area contributed by atoms with Crippen molar-refractivity contribution in [3.63, 3.8) is 0 Å². The number of benzene rings is 1. The van der Waals surface area contributed by atoms with E-state index in [4.69, 9.17) is 16.7 Å². The van der Waals surface area contributed by atoms with E-state index < -0.39 is 18.0 Å². The highest BCUT2D eigenvalue weighted by Crippen LogP contribution is 2.29. The van der Waals surface area contributed by atoms with Crippen molar-refractivity contribution >= 4 is 52.1 Å². The third kappa shape index (κ3) is 2.97. The van der Waals surface area contributed by atoms with E-state index in [0.29, 0.717) is 21.7 Å². The summed E-state index contributed by atoms with van der Waals surface area (Å²) >= 11 is 7.02. The molecule has 0 radical (unpaired) electrons. The van der Waals surface area contributed by atoms with Gasteiger partial charge in [-0.2, -0.15) is 8.75 Å². The number of anilines is 1. The Bertz CT molecular complexity index is 660. The minimum Gasteiger partial charge on any atom is -0.480 e. The highest BCUT2D eigenvalue weighted by molar-refractivity contribution is 7.00. The molecule has 2 rings (SSSR count). The molecule has 1 aromatic carbocycles. The number of carboxylic acids is 1. The summed E-state index contributed by atoms with van der Waals surface area (Å²) in [5.74, 6) is -1.10. The fraction of sp³-hybridized carbons (Fsp3) is 0.273. The normalized spacial score (nSPS) is 12.1. The van der Waals surface area contributed by atoms with Crippen LogP contribution in [-0.4, -0.2) is 31.9 Å². The maximum Gasteiger partial charge on any atom is 0.326 e. The summed E-state index contributed by atoms with van der Waals surface area (Å²) in [4.78, 5) is 22.7. The van der Waals surface area contributed by atoms with Crippen molar-refractivity contribution in [2.75, 3.05) is 5.32 Å². The second-order valence-corrected chi connectivity index (χ2v) is 4.89. The van der Waals surface area contributed by atoms with Crippen molar-refractivity contribution in [3.8, 4) is 0 Å². The van der Waals surface area contributed by atoms with Crippen LogP contribution in [0.25, 0.3) is 11.0 Å². The highest BCUT2D eigenvalue weighted by atomic mass is 35.5. The number of carbonyl (C=O) groups excluding carboxylic acids is 1. The van der Waals surface area contributed by atoms with Crippen LogP contribution in [0.2, 0.25) is 5.02 Å². The van der Waals surface area contributed by atoms with Crippen molar-refractivity contribution in [2.45, 2.75) is 19.4 Å². The average molecular weight is 315 g/mol. The van der Waals surface area contributed by atoms with Gasteiger partial charge >= 0.3 is 12.0 Å². The maximum atomic E-state index is 11.8. The number of carbonyl (C=O) groups is 2. The molecular weight excluding hydrogens is 304 g/mol. The van der Waals surface area contributed by atoms with Gasteiger partial charge in [-0.1, -0.05) is 18.5 Å². The number of aliphatic carboxylic acids is 1. The first-order chi connectivity index (χ1) is 9.52. The van der Waals surface area contributed by atoms with E-state index >= 15 is 0 Å². The molecule has 0 aliphatic rings. The molecule has 2 amide bonds. The molecule has 1 atom stereocenters. The smallest absolute Gasteiger partial charge is 0.326 e. The summed E-state index contributed by atoms with van der Waals surface area (Å²) in [6.45, 7) is 1.66. The van der Waals surface area contributed by atoms with E-state index in [0.717, 1.165) is 11.7 Å². The summed E-state index contributed by atoms with van der Waals surface area (Å²) < 4.78 is 8.09. The molecule has 0 saturated carbocycles. The van der Waals surface area contributed by atoms with Crippen LogP contribution < -0.4 is 10.6 Å². The number of amides is 2. The molecular formula is C11H11ClN4O3S. The lowest BCUT2D eigenvalue weighted by Crippen LogP contribution is -2.42. The molecule has 1 aromatic heterocycles. The van der Waals surface area contributed by atoms with Gasteiger partial charge in [-0.3, -0.25) is 0 Å². The minimum absolute atomic E-state index is 0.277. The Labute approximate surface area is 123 Å². The summed E-state index contributed by atoms with van der Waals surface area (Å²) in [5.41, 5.74) is 1.40. The second kappa shape index (κ2) is 6.02. The molecule has 2 aromatic rings. The maximum absolute atomic E-state index is 11.8. The summed E-state index contributed by atoms with van der Waals surface area (Å²) in [7, 11) is 0. The van der Waals surface area contributed by atoms with E-state index in [1.165, 1.54) is 0 Å². The van der Waals surface area contributed by atoms with Gasteiger partial charge in [0.2, 0.25) is 0 Å². The van der Waals surface area contributed by atoms with Crippen LogP contribution in [0.3, 0.4) is 0 Å². The fourth-order valence-electron chi connectivity index (χ4n) is 1.59. The average Bonchev–Trinajstić information content (AvgIpc) is 2.87. The predicted molar refractivity (Wildman–Crippen MR) is 76.3 cm³/mol. The zero-order valence-corrected chi connectivity index (χ0v) is 12.0. The molecule has 0 bridgehead atoms. The van der Waals surface area contributed by atoms with Gasteiger partial charge < -0.3 is 15.7 Å². The Morgan fingerprint density at radius 2 is 2.20 bits per heavy atom. The number of hydrogen-bond acceptors (Lipinski definition) is 5. The van der Waals surface area contributed by atoms with Gasteiger partial charge in [0.15, 0.2) is 0 Å². The van der Waals surface area contributed by atoms with Crippen LogP contribution >= 0.6 is 23.3 Å². The van der Waals surface area contributed by atoms with E-state index in [1.54, 1.807) is 19.1 Å². The quantitative estimate of drug-likeness (QED) is 0.803. The van der Waals surface area contributed by atoms with Crippen LogP contribution in [0.4, 0.5) is 10.5 Å². The van der Waals surface area contributed by atoms with Gasteiger partial charge in [0.05, 0.1) is 22.4 Å². The Morgan fingerprint density at radius 1 is 1.45 bits per heavy atom. The zero-order chi connectivity index (χ0) is 14.7. The van der Waals surface area contributed by atoms with E-state index in [9.17, 15) is 9.59 Å². The fourth-order valence-corrected chi connectivity index (χ4v) is 2.33. The van der Waals surface area contributed by atoms with Gasteiger partial charge in [-0.25, -0.2) is 9.59 Å². The third-order valence-corrected chi connectivity index (χ3v) is 3.48. The van der Waals surface area contributed by atoms with Gasteiger partial charge in [0.1, 0.15) is 17.1 Å². The van der Waals surface area contributed by atoms with Crippen LogP contribution in [0.5, 0.6) is 0 Å². The van der Waals surface area contributed by atoms with Crippen LogP contribution in [-0.2, 0) is 4.79 Å². The van der Waals surface area contributed by atoms with Crippen LogP contribution in [0, 0.1) is 0 Å². The Hall–Kier alpha value is -1.93. The lowest BCUT2D eigenvalue weighted by molar-refractivity contribution is -0.139. The van der Waals surface area contributed by atoms with Gasteiger partial charge in [0.25, 0.3) is 0 Å². The molecule has 0 aliphatic carbocycles. The molecule has 7 nitrogen and oxygen atoms in total.